The van der Waals surface area contributed by atoms with Crippen molar-refractivity contribution in [3.63, 3.8) is 0 Å². The van der Waals surface area contributed by atoms with Gasteiger partial charge in [0, 0.05) is 24.4 Å². The lowest BCUT2D eigenvalue weighted by molar-refractivity contribution is 0.871. The van der Waals surface area contributed by atoms with Gasteiger partial charge in [-0.1, -0.05) is 6.92 Å². The maximum absolute atomic E-state index is 4.56. The zero-order valence-electron chi connectivity index (χ0n) is 17.8. The Morgan fingerprint density at radius 2 is 1.44 bits per heavy atom. The van der Waals surface area contributed by atoms with Gasteiger partial charge in [0.25, 0.3) is 0 Å². The number of hydrogen-bond donors (Lipinski definition) is 0. The van der Waals surface area contributed by atoms with Crippen molar-refractivity contribution in [1.82, 2.24) is 24.5 Å². The molecule has 0 radical (unpaired) electrons. The number of hydrogen-bond acceptors (Lipinski definition) is 5. The fraction of sp³-hybridized carbons (Fsp3) is 0.476. The molecule has 0 saturated carbocycles. The minimum absolute atomic E-state index is 0.357. The summed E-state index contributed by atoms with van der Waals surface area (Å²) in [4.78, 5) is 22.3. The fourth-order valence-electron chi connectivity index (χ4n) is 3.31. The van der Waals surface area contributed by atoms with Crippen LogP contribution in [0, 0.1) is 41.5 Å². The summed E-state index contributed by atoms with van der Waals surface area (Å²) in [6, 6.07) is 0. The Morgan fingerprint density at radius 1 is 0.778 bits per heavy atom. The number of nitrogens with zero attached hydrogens (tertiary/aromatic N) is 6. The van der Waals surface area contributed by atoms with E-state index in [2.05, 4.69) is 45.7 Å². The Morgan fingerprint density at radius 3 is 2.11 bits per heavy atom. The van der Waals surface area contributed by atoms with Crippen LogP contribution < -0.4 is 0 Å². The van der Waals surface area contributed by atoms with E-state index in [1.807, 2.05) is 46.2 Å². The van der Waals surface area contributed by atoms with Crippen LogP contribution in [0.1, 0.15) is 59.6 Å². The number of aryl methyl sites for hydroxylation is 6. The highest BCUT2D eigenvalue weighted by Crippen LogP contribution is 2.35. The summed E-state index contributed by atoms with van der Waals surface area (Å²) in [7, 11) is 2.01. The average Bonchev–Trinajstić information content (AvgIpc) is 3.05. The lowest BCUT2D eigenvalue weighted by Gasteiger charge is -2.05. The highest BCUT2D eigenvalue weighted by molar-refractivity contribution is 5.95. The largest absolute Gasteiger partial charge is 0.316 e. The number of rotatable bonds is 0. The van der Waals surface area contributed by atoms with E-state index in [0.717, 1.165) is 51.3 Å². The van der Waals surface area contributed by atoms with Gasteiger partial charge < -0.3 is 4.57 Å². The van der Waals surface area contributed by atoms with Gasteiger partial charge in [0.2, 0.25) is 0 Å². The monoisotopic (exact) mass is 364 g/mol. The molecule has 0 aromatic carbocycles. The number of aliphatic imine (C=N–C) groups is 1. The fourth-order valence-corrected chi connectivity index (χ4v) is 3.31. The Kier molecular flexibility index (Phi) is 4.84. The molecule has 27 heavy (non-hydrogen) atoms. The van der Waals surface area contributed by atoms with Crippen molar-refractivity contribution in [3.8, 4) is 0 Å². The van der Waals surface area contributed by atoms with E-state index >= 15 is 0 Å². The first kappa shape index (κ1) is 19.1. The Hall–Kier alpha value is -2.63. The second kappa shape index (κ2) is 6.83. The predicted octanol–water partition coefficient (Wildman–Crippen LogP) is 4.50. The maximum atomic E-state index is 4.56. The van der Waals surface area contributed by atoms with Crippen LogP contribution >= 0.6 is 0 Å². The molecular formula is C21H28N6. The zero-order chi connectivity index (χ0) is 20.0. The van der Waals surface area contributed by atoms with Crippen LogP contribution in [0.15, 0.2) is 4.99 Å². The molecule has 4 rings (SSSR count). The van der Waals surface area contributed by atoms with E-state index in [4.69, 9.17) is 0 Å². The molecule has 3 aromatic heterocycles. The van der Waals surface area contributed by atoms with E-state index in [1.54, 1.807) is 0 Å². The molecule has 0 amide bonds. The number of fused-ring (bicyclic) bond motifs is 2. The minimum Gasteiger partial charge on any atom is -0.316 e. The zero-order valence-corrected chi connectivity index (χ0v) is 17.8. The van der Waals surface area contributed by atoms with Gasteiger partial charge in [0.1, 0.15) is 22.9 Å². The van der Waals surface area contributed by atoms with Crippen LogP contribution in [-0.2, 0) is 7.05 Å². The second-order valence-corrected chi connectivity index (χ2v) is 7.40. The van der Waals surface area contributed by atoms with E-state index in [1.165, 1.54) is 11.1 Å². The number of aromatic nitrogens is 5. The van der Waals surface area contributed by atoms with E-state index in [0.29, 0.717) is 5.92 Å². The third-order valence-electron chi connectivity index (χ3n) is 5.54. The van der Waals surface area contributed by atoms with Gasteiger partial charge in [-0.25, -0.2) is 19.9 Å². The lowest BCUT2D eigenvalue weighted by Crippen LogP contribution is -2.03. The molecule has 6 heteroatoms. The van der Waals surface area contributed by atoms with Gasteiger partial charge >= 0.3 is 0 Å². The van der Waals surface area contributed by atoms with Crippen molar-refractivity contribution in [1.29, 1.82) is 0 Å². The molecule has 1 unspecified atom stereocenters. The molecule has 0 bridgehead atoms. The summed E-state index contributed by atoms with van der Waals surface area (Å²) >= 11 is 0. The van der Waals surface area contributed by atoms with Crippen molar-refractivity contribution in [2.45, 2.75) is 61.3 Å². The summed E-state index contributed by atoms with van der Waals surface area (Å²) in [5.41, 5.74) is 9.81. The molecule has 0 N–H and O–H groups in total. The number of imidazole rings is 1. The van der Waals surface area contributed by atoms with Gasteiger partial charge in [-0.2, -0.15) is 0 Å². The van der Waals surface area contributed by atoms with Crippen LogP contribution in [0.4, 0.5) is 5.69 Å². The van der Waals surface area contributed by atoms with Crippen molar-refractivity contribution in [2.24, 2.45) is 12.0 Å². The van der Waals surface area contributed by atoms with Gasteiger partial charge in [-0.05, 0) is 59.6 Å². The molecule has 1 aliphatic heterocycles. The number of pyridine rings is 1. The molecule has 1 atom stereocenters. The smallest absolute Gasteiger partial charge is 0.160 e. The van der Waals surface area contributed by atoms with Crippen LogP contribution in [0.25, 0.3) is 11.2 Å². The topological polar surface area (TPSA) is 68.8 Å². The van der Waals surface area contributed by atoms with Crippen LogP contribution in [-0.4, -0.2) is 30.2 Å². The first-order valence-corrected chi connectivity index (χ1v) is 9.29. The third kappa shape index (κ3) is 3.24. The maximum Gasteiger partial charge on any atom is 0.160 e. The second-order valence-electron chi connectivity index (χ2n) is 7.40. The average molecular weight is 364 g/mol. The molecule has 0 fully saturated rings. The van der Waals surface area contributed by atoms with E-state index < -0.39 is 0 Å². The summed E-state index contributed by atoms with van der Waals surface area (Å²) in [5.74, 6) is 2.21. The summed E-state index contributed by atoms with van der Waals surface area (Å²) < 4.78 is 2.04. The van der Waals surface area contributed by atoms with Gasteiger partial charge in [0.05, 0.1) is 11.4 Å². The quantitative estimate of drug-likeness (QED) is 0.589. The van der Waals surface area contributed by atoms with Crippen LogP contribution in [0.5, 0.6) is 0 Å². The Bertz CT molecular complexity index is 1070. The van der Waals surface area contributed by atoms with Crippen LogP contribution in [0.3, 0.4) is 0 Å². The molecule has 0 spiro atoms. The standard InChI is InChI=1S/C11H15N3.C10H13N3/c1-6-7(2)10-11(12-8(6)3)14(5)9(4)13-10;1-5-6(2)12-10-7(3)11-8(4)13-9(5)10/h1-5H3;5H,1-4H3. The van der Waals surface area contributed by atoms with Crippen LogP contribution in [0.2, 0.25) is 0 Å². The SMILES string of the molecule is CC1=Nc2c(C)nc(C)nc2C1C.Cc1nc2c(nc(C)n2C)c(C)c1C. The van der Waals surface area contributed by atoms with Crippen molar-refractivity contribution in [2.75, 3.05) is 0 Å². The summed E-state index contributed by atoms with van der Waals surface area (Å²) in [6.07, 6.45) is 0. The van der Waals surface area contributed by atoms with Gasteiger partial charge in [-0.3, -0.25) is 4.99 Å². The highest BCUT2D eigenvalue weighted by atomic mass is 15.1. The predicted molar refractivity (Wildman–Crippen MR) is 110 cm³/mol. The Balaban J connectivity index is 0.000000156. The van der Waals surface area contributed by atoms with Crippen molar-refractivity contribution < 1.29 is 0 Å². The van der Waals surface area contributed by atoms with E-state index in [9.17, 15) is 0 Å². The van der Waals surface area contributed by atoms with E-state index in [-0.39, 0.29) is 0 Å². The molecule has 1 aliphatic rings. The molecule has 142 valence electrons. The summed E-state index contributed by atoms with van der Waals surface area (Å²) in [5, 5.41) is 0. The highest BCUT2D eigenvalue weighted by Gasteiger charge is 2.24. The molecule has 6 nitrogen and oxygen atoms in total. The minimum atomic E-state index is 0.357. The molecular weight excluding hydrogens is 336 g/mol. The molecule has 4 heterocycles. The van der Waals surface area contributed by atoms with Gasteiger partial charge in [-0.15, -0.1) is 0 Å². The Labute approximate surface area is 160 Å². The van der Waals surface area contributed by atoms with Crippen molar-refractivity contribution in [3.05, 3.63) is 39.9 Å². The first-order chi connectivity index (χ1) is 12.6. The third-order valence-corrected chi connectivity index (χ3v) is 5.54. The molecule has 3 aromatic rings. The molecule has 0 aliphatic carbocycles. The first-order valence-electron chi connectivity index (χ1n) is 9.29. The van der Waals surface area contributed by atoms with Crippen molar-refractivity contribution >= 4 is 22.6 Å². The normalized spacial score (nSPS) is 15.4. The summed E-state index contributed by atoms with van der Waals surface area (Å²) in [6.45, 7) is 16.4. The lowest BCUT2D eigenvalue weighted by atomic mass is 10.0. The molecule has 0 saturated heterocycles. The van der Waals surface area contributed by atoms with Gasteiger partial charge in [0.15, 0.2) is 5.65 Å².